The van der Waals surface area contributed by atoms with Crippen LogP contribution in [0.4, 0.5) is 0 Å². The van der Waals surface area contributed by atoms with E-state index in [1.54, 1.807) is 0 Å². The van der Waals surface area contributed by atoms with E-state index in [9.17, 15) is 4.79 Å². The minimum absolute atomic E-state index is 0.362. The maximum absolute atomic E-state index is 10.3. The van der Waals surface area contributed by atoms with Gasteiger partial charge in [0, 0.05) is 6.42 Å². The Kier molecular flexibility index (Phi) is 3.09. The quantitative estimate of drug-likeness (QED) is 0.686. The number of carboxylic acids is 1. The molecule has 3 unspecified atom stereocenters. The lowest BCUT2D eigenvalue weighted by Crippen LogP contribution is -2.24. The second kappa shape index (κ2) is 4.33. The summed E-state index contributed by atoms with van der Waals surface area (Å²) in [6, 6.07) is 0. The first-order valence-electron chi connectivity index (χ1n) is 5.99. The molecule has 1 N–H and O–H groups in total. The lowest BCUT2D eigenvalue weighted by atomic mass is 9.72. The molecule has 0 spiro atoms. The second-order valence-electron chi connectivity index (χ2n) is 4.98. The van der Waals surface area contributed by atoms with Crippen molar-refractivity contribution in [1.82, 2.24) is 0 Å². The van der Waals surface area contributed by atoms with Gasteiger partial charge in [-0.05, 0) is 49.9 Å². The molecular formula is C12H20O2. The van der Waals surface area contributed by atoms with Crippen molar-refractivity contribution in [2.24, 2.45) is 17.8 Å². The Morgan fingerprint density at radius 2 is 1.93 bits per heavy atom. The molecule has 80 valence electrons. The maximum atomic E-state index is 10.3. The normalized spacial score (nSPS) is 35.0. The minimum atomic E-state index is -0.641. The van der Waals surface area contributed by atoms with Gasteiger partial charge in [-0.15, -0.1) is 0 Å². The third-order valence-electron chi connectivity index (χ3n) is 4.21. The molecule has 0 amide bonds. The van der Waals surface area contributed by atoms with E-state index < -0.39 is 5.97 Å². The summed E-state index contributed by atoms with van der Waals surface area (Å²) in [5.41, 5.74) is 0. The van der Waals surface area contributed by atoms with E-state index in [0.29, 0.717) is 6.42 Å². The Hall–Kier alpha value is -0.530. The monoisotopic (exact) mass is 196 g/mol. The molecule has 0 saturated heterocycles. The largest absolute Gasteiger partial charge is 0.481 e. The van der Waals surface area contributed by atoms with Crippen LogP contribution in [0.1, 0.15) is 51.4 Å². The number of hydrogen-bond acceptors (Lipinski definition) is 1. The molecule has 2 aliphatic rings. The van der Waals surface area contributed by atoms with E-state index >= 15 is 0 Å². The Morgan fingerprint density at radius 1 is 1.14 bits per heavy atom. The van der Waals surface area contributed by atoms with Crippen LogP contribution in [-0.2, 0) is 4.79 Å². The number of fused-ring (bicyclic) bond motifs is 1. The van der Waals surface area contributed by atoms with Crippen molar-refractivity contribution in [2.45, 2.75) is 51.4 Å². The van der Waals surface area contributed by atoms with Crippen molar-refractivity contribution < 1.29 is 9.90 Å². The van der Waals surface area contributed by atoms with E-state index in [0.717, 1.165) is 30.6 Å². The van der Waals surface area contributed by atoms with E-state index in [1.165, 1.54) is 32.1 Å². The topological polar surface area (TPSA) is 37.3 Å². The van der Waals surface area contributed by atoms with Gasteiger partial charge in [-0.1, -0.05) is 12.8 Å². The molecule has 0 aliphatic heterocycles. The molecular weight excluding hydrogens is 176 g/mol. The molecule has 2 nitrogen and oxygen atoms in total. The smallest absolute Gasteiger partial charge is 0.303 e. The molecule has 0 radical (unpaired) electrons. The molecule has 0 aromatic carbocycles. The van der Waals surface area contributed by atoms with Crippen molar-refractivity contribution in [3.05, 3.63) is 0 Å². The highest BCUT2D eigenvalue weighted by atomic mass is 16.4. The van der Waals surface area contributed by atoms with Gasteiger partial charge in [0.05, 0.1) is 0 Å². The van der Waals surface area contributed by atoms with Crippen LogP contribution in [0.3, 0.4) is 0 Å². The number of rotatable bonds is 5. The van der Waals surface area contributed by atoms with Crippen LogP contribution in [0.15, 0.2) is 0 Å². The van der Waals surface area contributed by atoms with Crippen LogP contribution < -0.4 is 0 Å². The van der Waals surface area contributed by atoms with Gasteiger partial charge in [0.1, 0.15) is 0 Å². The van der Waals surface area contributed by atoms with Gasteiger partial charge in [-0.2, -0.15) is 0 Å². The molecule has 2 fully saturated rings. The maximum Gasteiger partial charge on any atom is 0.303 e. The van der Waals surface area contributed by atoms with Crippen LogP contribution >= 0.6 is 0 Å². The molecule has 0 heterocycles. The highest BCUT2D eigenvalue weighted by molar-refractivity contribution is 5.66. The van der Waals surface area contributed by atoms with Crippen molar-refractivity contribution in [3.63, 3.8) is 0 Å². The van der Waals surface area contributed by atoms with E-state index in [2.05, 4.69) is 0 Å². The summed E-state index contributed by atoms with van der Waals surface area (Å²) in [4.78, 5) is 10.3. The number of aliphatic carboxylic acids is 1. The fourth-order valence-corrected chi connectivity index (χ4v) is 3.26. The van der Waals surface area contributed by atoms with Crippen molar-refractivity contribution in [1.29, 1.82) is 0 Å². The highest BCUT2D eigenvalue weighted by Crippen LogP contribution is 2.51. The molecule has 0 aromatic rings. The molecule has 14 heavy (non-hydrogen) atoms. The van der Waals surface area contributed by atoms with Crippen LogP contribution in [0.2, 0.25) is 0 Å². The average molecular weight is 196 g/mol. The van der Waals surface area contributed by atoms with Gasteiger partial charge >= 0.3 is 5.97 Å². The third kappa shape index (κ3) is 2.10. The Morgan fingerprint density at radius 3 is 2.50 bits per heavy atom. The number of unbranched alkanes of at least 4 members (excludes halogenated alkanes) is 1. The van der Waals surface area contributed by atoms with Gasteiger partial charge in [0.2, 0.25) is 0 Å². The Balaban J connectivity index is 1.59. The number of carbonyl (C=O) groups is 1. The lowest BCUT2D eigenvalue weighted by molar-refractivity contribution is -0.137. The zero-order valence-electron chi connectivity index (χ0n) is 8.74. The van der Waals surface area contributed by atoms with Crippen LogP contribution in [-0.4, -0.2) is 11.1 Å². The van der Waals surface area contributed by atoms with Crippen molar-refractivity contribution in [2.75, 3.05) is 0 Å². The Labute approximate surface area is 85.7 Å². The van der Waals surface area contributed by atoms with Crippen LogP contribution in [0.5, 0.6) is 0 Å². The second-order valence-corrected chi connectivity index (χ2v) is 4.98. The minimum Gasteiger partial charge on any atom is -0.481 e. The van der Waals surface area contributed by atoms with Gasteiger partial charge in [-0.3, -0.25) is 4.79 Å². The number of carboxylic acid groups (broad SMARTS) is 1. The molecule has 2 rings (SSSR count). The highest BCUT2D eigenvalue weighted by Gasteiger charge is 2.41. The predicted molar refractivity (Wildman–Crippen MR) is 55.0 cm³/mol. The summed E-state index contributed by atoms with van der Waals surface area (Å²) >= 11 is 0. The van der Waals surface area contributed by atoms with Gasteiger partial charge in [0.25, 0.3) is 0 Å². The zero-order chi connectivity index (χ0) is 9.97. The van der Waals surface area contributed by atoms with Crippen molar-refractivity contribution >= 4 is 5.97 Å². The summed E-state index contributed by atoms with van der Waals surface area (Å²) in [7, 11) is 0. The first-order chi connectivity index (χ1) is 6.77. The summed E-state index contributed by atoms with van der Waals surface area (Å²) in [5.74, 6) is 2.39. The molecule has 3 atom stereocenters. The zero-order valence-corrected chi connectivity index (χ0v) is 8.74. The number of hydrogen-bond donors (Lipinski definition) is 1. The summed E-state index contributed by atoms with van der Waals surface area (Å²) in [6.07, 6.45) is 9.44. The first-order valence-corrected chi connectivity index (χ1v) is 5.99. The fraction of sp³-hybridized carbons (Fsp3) is 0.917. The lowest BCUT2D eigenvalue weighted by Gasteiger charge is -2.34. The molecule has 0 bridgehead atoms. The summed E-state index contributed by atoms with van der Waals surface area (Å²) < 4.78 is 0. The average Bonchev–Trinajstić information content (AvgIpc) is 2.35. The first kappa shape index (κ1) is 10.0. The molecule has 2 saturated carbocycles. The van der Waals surface area contributed by atoms with E-state index in [1.807, 2.05) is 0 Å². The summed E-state index contributed by atoms with van der Waals surface area (Å²) in [6.45, 7) is 0. The predicted octanol–water partition coefficient (Wildman–Crippen LogP) is 3.07. The fourth-order valence-electron chi connectivity index (χ4n) is 3.26. The van der Waals surface area contributed by atoms with Crippen LogP contribution in [0.25, 0.3) is 0 Å². The van der Waals surface area contributed by atoms with Crippen molar-refractivity contribution in [3.8, 4) is 0 Å². The van der Waals surface area contributed by atoms with Gasteiger partial charge in [0.15, 0.2) is 0 Å². The third-order valence-corrected chi connectivity index (χ3v) is 4.21. The SMILES string of the molecule is O=C(O)CCCCC1CCC2CCC12. The molecule has 2 heteroatoms. The van der Waals surface area contributed by atoms with E-state index in [4.69, 9.17) is 5.11 Å². The van der Waals surface area contributed by atoms with E-state index in [-0.39, 0.29) is 0 Å². The summed E-state index contributed by atoms with van der Waals surface area (Å²) in [5, 5.41) is 8.51. The standard InChI is InChI=1S/C12H20O2/c13-12(14)4-2-1-3-9-5-6-10-7-8-11(9)10/h9-11H,1-8H2,(H,13,14). The molecule has 2 aliphatic carbocycles. The van der Waals surface area contributed by atoms with Gasteiger partial charge in [-0.25, -0.2) is 0 Å². The Bertz CT molecular complexity index is 212. The molecule has 0 aromatic heterocycles. The van der Waals surface area contributed by atoms with Crippen LogP contribution in [0, 0.1) is 17.8 Å². The van der Waals surface area contributed by atoms with Gasteiger partial charge < -0.3 is 5.11 Å².